The number of carbonyl (C=O) groups is 1. The summed E-state index contributed by atoms with van der Waals surface area (Å²) in [6.07, 6.45) is 2.34. The topological polar surface area (TPSA) is 29.5 Å². The Balaban J connectivity index is 2.03. The van der Waals surface area contributed by atoms with E-state index < -0.39 is 5.97 Å². The van der Waals surface area contributed by atoms with Crippen LogP contribution < -0.4 is 0 Å². The zero-order valence-electron chi connectivity index (χ0n) is 11.5. The van der Waals surface area contributed by atoms with Crippen LogP contribution in [0.2, 0.25) is 0 Å². The molecule has 1 aromatic carbocycles. The number of piperidine rings is 1. The average molecular weight is 265 g/mol. The van der Waals surface area contributed by atoms with Crippen LogP contribution in [0, 0.1) is 11.7 Å². The number of nitrogens with zero attached hydrogens (tertiary/aromatic N) is 1. The summed E-state index contributed by atoms with van der Waals surface area (Å²) in [6, 6.07) is 4.56. The van der Waals surface area contributed by atoms with Crippen LogP contribution in [-0.2, 0) is 11.3 Å². The van der Waals surface area contributed by atoms with Gasteiger partial charge in [-0.15, -0.1) is 0 Å². The number of esters is 1. The van der Waals surface area contributed by atoms with Gasteiger partial charge in [-0.1, -0.05) is 13.0 Å². The minimum absolute atomic E-state index is 0.260. The summed E-state index contributed by atoms with van der Waals surface area (Å²) in [7, 11) is 1.29. The number of methoxy groups -OCH3 is 1. The molecule has 1 aliphatic heterocycles. The van der Waals surface area contributed by atoms with Crippen LogP contribution in [0.1, 0.15) is 35.7 Å². The van der Waals surface area contributed by atoms with Crippen molar-refractivity contribution in [3.05, 3.63) is 35.1 Å². The van der Waals surface area contributed by atoms with E-state index in [2.05, 4.69) is 16.6 Å². The molecule has 0 aliphatic carbocycles. The molecular formula is C15H20FNO2. The predicted octanol–water partition coefficient (Wildman–Crippen LogP) is 2.84. The Morgan fingerprint density at radius 1 is 1.42 bits per heavy atom. The summed E-state index contributed by atoms with van der Waals surface area (Å²) in [5, 5.41) is 0. The molecule has 4 heteroatoms. The van der Waals surface area contributed by atoms with Crippen molar-refractivity contribution in [2.75, 3.05) is 20.2 Å². The number of likely N-dealkylation sites (tertiary alicyclic amines) is 1. The summed E-state index contributed by atoms with van der Waals surface area (Å²) in [5.41, 5.74) is 0.901. The van der Waals surface area contributed by atoms with E-state index in [1.54, 1.807) is 12.1 Å². The fourth-order valence-electron chi connectivity index (χ4n) is 2.38. The molecule has 1 aliphatic rings. The third kappa shape index (κ3) is 3.53. The average Bonchev–Trinajstić information content (AvgIpc) is 2.42. The Bertz CT molecular complexity index is 453. The molecule has 3 nitrogen and oxygen atoms in total. The molecule has 0 radical (unpaired) electrons. The first-order chi connectivity index (χ1) is 9.10. The molecule has 1 heterocycles. The van der Waals surface area contributed by atoms with Crippen molar-refractivity contribution >= 4 is 5.97 Å². The lowest BCUT2D eigenvalue weighted by Gasteiger charge is -2.30. The SMILES string of the molecule is COC(=O)c1ccc(CN2CCC(C)CC2)c(F)c1. The molecule has 1 saturated heterocycles. The van der Waals surface area contributed by atoms with Crippen molar-refractivity contribution < 1.29 is 13.9 Å². The highest BCUT2D eigenvalue weighted by Crippen LogP contribution is 2.20. The van der Waals surface area contributed by atoms with E-state index in [9.17, 15) is 9.18 Å². The molecule has 0 atom stereocenters. The Hall–Kier alpha value is -1.42. The number of benzene rings is 1. The van der Waals surface area contributed by atoms with Gasteiger partial charge in [-0.05, 0) is 44.0 Å². The standard InChI is InChI=1S/C15H20FNO2/c1-11-5-7-17(8-6-11)10-13-4-3-12(9-14(13)16)15(18)19-2/h3-4,9,11H,5-8,10H2,1-2H3. The zero-order valence-corrected chi connectivity index (χ0v) is 11.5. The van der Waals surface area contributed by atoms with Crippen LogP contribution in [0.5, 0.6) is 0 Å². The highest BCUT2D eigenvalue weighted by atomic mass is 19.1. The van der Waals surface area contributed by atoms with Crippen LogP contribution in [0.25, 0.3) is 0 Å². The van der Waals surface area contributed by atoms with Crippen molar-refractivity contribution in [1.29, 1.82) is 0 Å². The van der Waals surface area contributed by atoms with Crippen LogP contribution in [0.15, 0.2) is 18.2 Å². The van der Waals surface area contributed by atoms with Gasteiger partial charge in [0, 0.05) is 12.1 Å². The minimum Gasteiger partial charge on any atom is -0.465 e. The molecule has 0 unspecified atom stereocenters. The molecule has 0 bridgehead atoms. The van der Waals surface area contributed by atoms with E-state index >= 15 is 0 Å². The summed E-state index contributed by atoms with van der Waals surface area (Å²) in [5.74, 6) is -0.0680. The van der Waals surface area contributed by atoms with Gasteiger partial charge < -0.3 is 4.74 Å². The Morgan fingerprint density at radius 3 is 2.68 bits per heavy atom. The van der Waals surface area contributed by atoms with Gasteiger partial charge in [-0.3, -0.25) is 4.90 Å². The molecule has 0 N–H and O–H groups in total. The molecular weight excluding hydrogens is 245 g/mol. The van der Waals surface area contributed by atoms with E-state index in [4.69, 9.17) is 0 Å². The van der Waals surface area contributed by atoms with Gasteiger partial charge in [0.05, 0.1) is 12.7 Å². The monoisotopic (exact) mass is 265 g/mol. The highest BCUT2D eigenvalue weighted by Gasteiger charge is 2.17. The largest absolute Gasteiger partial charge is 0.465 e. The maximum Gasteiger partial charge on any atom is 0.337 e. The molecule has 0 amide bonds. The fraction of sp³-hybridized carbons (Fsp3) is 0.533. The maximum atomic E-state index is 13.9. The smallest absolute Gasteiger partial charge is 0.337 e. The lowest BCUT2D eigenvalue weighted by atomic mass is 9.98. The number of ether oxygens (including phenoxy) is 1. The number of hydrogen-bond acceptors (Lipinski definition) is 3. The van der Waals surface area contributed by atoms with Crippen LogP contribution in [0.3, 0.4) is 0 Å². The first kappa shape index (κ1) is 14.0. The third-order valence-electron chi connectivity index (χ3n) is 3.74. The number of carbonyl (C=O) groups excluding carboxylic acids is 1. The van der Waals surface area contributed by atoms with Gasteiger partial charge in [-0.25, -0.2) is 9.18 Å². The lowest BCUT2D eigenvalue weighted by Crippen LogP contribution is -2.32. The quantitative estimate of drug-likeness (QED) is 0.787. The summed E-state index contributed by atoms with van der Waals surface area (Å²) < 4.78 is 18.5. The Kier molecular flexibility index (Phi) is 4.53. The second-order valence-electron chi connectivity index (χ2n) is 5.26. The van der Waals surface area contributed by atoms with E-state index in [0.29, 0.717) is 12.1 Å². The van der Waals surface area contributed by atoms with E-state index in [-0.39, 0.29) is 11.4 Å². The third-order valence-corrected chi connectivity index (χ3v) is 3.74. The Labute approximate surface area is 113 Å². The first-order valence-electron chi connectivity index (χ1n) is 6.69. The molecule has 19 heavy (non-hydrogen) atoms. The normalized spacial score (nSPS) is 17.4. The van der Waals surface area contributed by atoms with Gasteiger partial charge in [0.25, 0.3) is 0 Å². The maximum absolute atomic E-state index is 13.9. The first-order valence-corrected chi connectivity index (χ1v) is 6.69. The van der Waals surface area contributed by atoms with Gasteiger partial charge in [0.15, 0.2) is 0 Å². The van der Waals surface area contributed by atoms with E-state index in [0.717, 1.165) is 19.0 Å². The molecule has 0 spiro atoms. The lowest BCUT2D eigenvalue weighted by molar-refractivity contribution is 0.0600. The molecule has 1 aromatic rings. The van der Waals surface area contributed by atoms with Crippen LogP contribution >= 0.6 is 0 Å². The van der Waals surface area contributed by atoms with Crippen molar-refractivity contribution in [2.24, 2.45) is 5.92 Å². The molecule has 0 aromatic heterocycles. The molecule has 1 fully saturated rings. The number of hydrogen-bond donors (Lipinski definition) is 0. The number of rotatable bonds is 3. The minimum atomic E-state index is -0.503. The summed E-state index contributed by atoms with van der Waals surface area (Å²) in [6.45, 7) is 4.89. The summed E-state index contributed by atoms with van der Waals surface area (Å²) >= 11 is 0. The fourth-order valence-corrected chi connectivity index (χ4v) is 2.38. The van der Waals surface area contributed by atoms with Crippen LogP contribution in [0.4, 0.5) is 4.39 Å². The van der Waals surface area contributed by atoms with Crippen molar-refractivity contribution in [1.82, 2.24) is 4.90 Å². The molecule has 104 valence electrons. The summed E-state index contributed by atoms with van der Waals surface area (Å²) in [4.78, 5) is 13.6. The van der Waals surface area contributed by atoms with E-state index in [1.807, 2.05) is 0 Å². The van der Waals surface area contributed by atoms with Crippen molar-refractivity contribution in [3.63, 3.8) is 0 Å². The van der Waals surface area contributed by atoms with Crippen LogP contribution in [-0.4, -0.2) is 31.1 Å². The van der Waals surface area contributed by atoms with Crippen molar-refractivity contribution in [2.45, 2.75) is 26.3 Å². The predicted molar refractivity (Wildman–Crippen MR) is 71.4 cm³/mol. The second kappa shape index (κ2) is 6.15. The van der Waals surface area contributed by atoms with Gasteiger partial charge in [0.2, 0.25) is 0 Å². The van der Waals surface area contributed by atoms with Crippen molar-refractivity contribution in [3.8, 4) is 0 Å². The zero-order chi connectivity index (χ0) is 13.8. The highest BCUT2D eigenvalue weighted by molar-refractivity contribution is 5.89. The van der Waals surface area contributed by atoms with Gasteiger partial charge in [-0.2, -0.15) is 0 Å². The van der Waals surface area contributed by atoms with Gasteiger partial charge >= 0.3 is 5.97 Å². The molecule has 2 rings (SSSR count). The van der Waals surface area contributed by atoms with Gasteiger partial charge in [0.1, 0.15) is 5.82 Å². The second-order valence-corrected chi connectivity index (χ2v) is 5.26. The van der Waals surface area contributed by atoms with E-state index in [1.165, 1.54) is 26.0 Å². The Morgan fingerprint density at radius 2 is 2.11 bits per heavy atom. The number of halogens is 1. The molecule has 0 saturated carbocycles.